The van der Waals surface area contributed by atoms with Crippen LogP contribution in [-0.2, 0) is 11.2 Å². The Balaban J connectivity index is 1.85. The van der Waals surface area contributed by atoms with E-state index in [1.165, 1.54) is 16.7 Å². The minimum atomic E-state index is -0.112. The molecule has 1 N–H and O–H groups in total. The predicted molar refractivity (Wildman–Crippen MR) is 89.6 cm³/mol. The van der Waals surface area contributed by atoms with Gasteiger partial charge in [-0.25, -0.2) is 0 Å². The molecule has 1 aliphatic heterocycles. The van der Waals surface area contributed by atoms with Crippen molar-refractivity contribution in [2.24, 2.45) is 0 Å². The average molecular weight is 294 g/mol. The Morgan fingerprint density at radius 2 is 1.82 bits per heavy atom. The Kier molecular flexibility index (Phi) is 4.54. The Morgan fingerprint density at radius 3 is 2.59 bits per heavy atom. The van der Waals surface area contributed by atoms with Crippen LogP contribution in [0.15, 0.2) is 54.6 Å². The van der Waals surface area contributed by atoms with E-state index in [4.69, 9.17) is 0 Å². The molecule has 114 valence electrons. The summed E-state index contributed by atoms with van der Waals surface area (Å²) in [5.74, 6) is 0.219. The molecule has 22 heavy (non-hydrogen) atoms. The van der Waals surface area contributed by atoms with E-state index in [0.717, 1.165) is 26.1 Å². The molecule has 0 unspecified atom stereocenters. The molecule has 1 heterocycles. The second-order valence-corrected chi connectivity index (χ2v) is 5.65. The summed E-state index contributed by atoms with van der Waals surface area (Å²) < 4.78 is 0. The molecule has 1 fully saturated rings. The molecule has 1 saturated heterocycles. The number of amides is 1. The van der Waals surface area contributed by atoms with Gasteiger partial charge in [-0.05, 0) is 30.0 Å². The van der Waals surface area contributed by atoms with Crippen molar-refractivity contribution in [2.45, 2.75) is 19.4 Å². The van der Waals surface area contributed by atoms with Crippen molar-refractivity contribution < 1.29 is 4.79 Å². The number of carbonyl (C=O) groups excluding carboxylic acids is 1. The minimum absolute atomic E-state index is 0.112. The molecule has 2 aromatic carbocycles. The zero-order chi connectivity index (χ0) is 15.4. The largest absolute Gasteiger partial charge is 0.340 e. The van der Waals surface area contributed by atoms with Crippen LogP contribution >= 0.6 is 0 Å². The van der Waals surface area contributed by atoms with Gasteiger partial charge in [0.05, 0.1) is 6.04 Å². The predicted octanol–water partition coefficient (Wildman–Crippen LogP) is 2.72. The maximum Gasteiger partial charge on any atom is 0.240 e. The summed E-state index contributed by atoms with van der Waals surface area (Å²) in [6.45, 7) is 4.51. The van der Waals surface area contributed by atoms with E-state index < -0.39 is 0 Å². The third-order valence-corrected chi connectivity index (χ3v) is 4.29. The number of hydrogen-bond acceptors (Lipinski definition) is 2. The van der Waals surface area contributed by atoms with Crippen molar-refractivity contribution >= 4 is 5.91 Å². The topological polar surface area (TPSA) is 32.3 Å². The fourth-order valence-electron chi connectivity index (χ4n) is 3.08. The number of carbonyl (C=O) groups is 1. The highest BCUT2D eigenvalue weighted by molar-refractivity contribution is 5.83. The van der Waals surface area contributed by atoms with Crippen LogP contribution in [0.4, 0.5) is 0 Å². The Morgan fingerprint density at radius 1 is 1.09 bits per heavy atom. The SMILES string of the molecule is CCN1CCN[C@H](Cc2ccccc2-c2ccccc2)C1=O. The van der Waals surface area contributed by atoms with E-state index >= 15 is 0 Å². The quantitative estimate of drug-likeness (QED) is 0.940. The first kappa shape index (κ1) is 14.8. The van der Waals surface area contributed by atoms with Crippen LogP contribution in [0.2, 0.25) is 0 Å². The number of piperazine rings is 1. The number of benzene rings is 2. The number of rotatable bonds is 4. The highest BCUT2D eigenvalue weighted by atomic mass is 16.2. The van der Waals surface area contributed by atoms with Crippen LogP contribution in [0.25, 0.3) is 11.1 Å². The highest BCUT2D eigenvalue weighted by Gasteiger charge is 2.27. The smallest absolute Gasteiger partial charge is 0.240 e. The van der Waals surface area contributed by atoms with Gasteiger partial charge in [0.15, 0.2) is 0 Å². The summed E-state index contributed by atoms with van der Waals surface area (Å²) in [6, 6.07) is 18.6. The number of nitrogens with zero attached hydrogens (tertiary/aromatic N) is 1. The van der Waals surface area contributed by atoms with Gasteiger partial charge in [-0.1, -0.05) is 54.6 Å². The highest BCUT2D eigenvalue weighted by Crippen LogP contribution is 2.25. The summed E-state index contributed by atoms with van der Waals surface area (Å²) in [4.78, 5) is 14.4. The van der Waals surface area contributed by atoms with Crippen molar-refractivity contribution in [2.75, 3.05) is 19.6 Å². The molecule has 1 aliphatic rings. The zero-order valence-corrected chi connectivity index (χ0v) is 13.0. The Bertz CT molecular complexity index is 639. The van der Waals surface area contributed by atoms with Gasteiger partial charge in [-0.2, -0.15) is 0 Å². The van der Waals surface area contributed by atoms with E-state index in [-0.39, 0.29) is 11.9 Å². The molecule has 0 radical (unpaired) electrons. The van der Waals surface area contributed by atoms with Gasteiger partial charge >= 0.3 is 0 Å². The van der Waals surface area contributed by atoms with Crippen LogP contribution in [-0.4, -0.2) is 36.5 Å². The summed E-state index contributed by atoms with van der Waals surface area (Å²) in [7, 11) is 0. The Hall–Kier alpha value is -2.13. The molecule has 3 nitrogen and oxygen atoms in total. The third kappa shape index (κ3) is 3.04. The summed E-state index contributed by atoms with van der Waals surface area (Å²) in [6.07, 6.45) is 0.737. The summed E-state index contributed by atoms with van der Waals surface area (Å²) in [5, 5.41) is 3.37. The van der Waals surface area contributed by atoms with E-state index in [1.54, 1.807) is 0 Å². The van der Waals surface area contributed by atoms with E-state index in [1.807, 2.05) is 24.0 Å². The number of nitrogens with one attached hydrogen (secondary N) is 1. The van der Waals surface area contributed by atoms with Gasteiger partial charge in [0.1, 0.15) is 0 Å². The lowest BCUT2D eigenvalue weighted by Crippen LogP contribution is -2.55. The lowest BCUT2D eigenvalue weighted by atomic mass is 9.94. The van der Waals surface area contributed by atoms with Crippen molar-refractivity contribution in [3.8, 4) is 11.1 Å². The normalized spacial score (nSPS) is 18.5. The second-order valence-electron chi connectivity index (χ2n) is 5.65. The Labute approximate surface area is 132 Å². The van der Waals surface area contributed by atoms with Crippen LogP contribution in [0, 0.1) is 0 Å². The third-order valence-electron chi connectivity index (χ3n) is 4.29. The zero-order valence-electron chi connectivity index (χ0n) is 13.0. The maximum atomic E-state index is 12.5. The van der Waals surface area contributed by atoms with Crippen LogP contribution in [0.1, 0.15) is 12.5 Å². The standard InChI is InChI=1S/C19H22N2O/c1-2-21-13-12-20-18(19(21)22)14-16-10-6-7-11-17(16)15-8-4-3-5-9-15/h3-11,18,20H,2,12-14H2,1H3/t18-/m1/s1. The molecule has 0 spiro atoms. The minimum Gasteiger partial charge on any atom is -0.340 e. The molecule has 0 bridgehead atoms. The number of hydrogen-bond donors (Lipinski definition) is 1. The van der Waals surface area contributed by atoms with Crippen molar-refractivity contribution in [1.82, 2.24) is 10.2 Å². The molecule has 0 aromatic heterocycles. The molecular weight excluding hydrogens is 272 g/mol. The molecule has 2 aromatic rings. The van der Waals surface area contributed by atoms with Crippen LogP contribution in [0.3, 0.4) is 0 Å². The van der Waals surface area contributed by atoms with E-state index in [9.17, 15) is 4.79 Å². The summed E-state index contributed by atoms with van der Waals surface area (Å²) in [5.41, 5.74) is 3.64. The van der Waals surface area contributed by atoms with Gasteiger partial charge in [-0.3, -0.25) is 4.79 Å². The lowest BCUT2D eigenvalue weighted by molar-refractivity contribution is -0.135. The first-order chi connectivity index (χ1) is 10.8. The first-order valence-corrected chi connectivity index (χ1v) is 7.95. The van der Waals surface area contributed by atoms with E-state index in [0.29, 0.717) is 0 Å². The monoisotopic (exact) mass is 294 g/mol. The average Bonchev–Trinajstić information content (AvgIpc) is 2.58. The molecule has 3 heteroatoms. The lowest BCUT2D eigenvalue weighted by Gasteiger charge is -2.32. The van der Waals surface area contributed by atoms with Crippen molar-refractivity contribution in [1.29, 1.82) is 0 Å². The molecular formula is C19H22N2O. The fraction of sp³-hybridized carbons (Fsp3) is 0.316. The maximum absolute atomic E-state index is 12.5. The first-order valence-electron chi connectivity index (χ1n) is 7.95. The van der Waals surface area contributed by atoms with E-state index in [2.05, 4.69) is 47.8 Å². The van der Waals surface area contributed by atoms with Gasteiger partial charge < -0.3 is 10.2 Å². The van der Waals surface area contributed by atoms with Gasteiger partial charge in [0.2, 0.25) is 5.91 Å². The fourth-order valence-corrected chi connectivity index (χ4v) is 3.08. The van der Waals surface area contributed by atoms with Crippen LogP contribution in [0.5, 0.6) is 0 Å². The number of likely N-dealkylation sites (N-methyl/N-ethyl adjacent to an activating group) is 1. The summed E-state index contributed by atoms with van der Waals surface area (Å²) >= 11 is 0. The second kappa shape index (κ2) is 6.75. The van der Waals surface area contributed by atoms with Gasteiger partial charge in [-0.15, -0.1) is 0 Å². The molecule has 3 rings (SSSR count). The molecule has 1 amide bonds. The molecule has 1 atom stereocenters. The van der Waals surface area contributed by atoms with Crippen molar-refractivity contribution in [3.63, 3.8) is 0 Å². The van der Waals surface area contributed by atoms with Crippen LogP contribution < -0.4 is 5.32 Å². The van der Waals surface area contributed by atoms with Gasteiger partial charge in [0, 0.05) is 19.6 Å². The van der Waals surface area contributed by atoms with Gasteiger partial charge in [0.25, 0.3) is 0 Å². The van der Waals surface area contributed by atoms with Crippen molar-refractivity contribution in [3.05, 3.63) is 60.2 Å². The molecule has 0 aliphatic carbocycles. The molecule has 0 saturated carbocycles.